The third-order valence-electron chi connectivity index (χ3n) is 4.04. The molecule has 4 N–H and O–H groups in total. The highest BCUT2D eigenvalue weighted by Crippen LogP contribution is 2.66. The highest BCUT2D eigenvalue weighted by molar-refractivity contribution is 6.30. The molecule has 0 spiro atoms. The fraction of sp³-hybridized carbons (Fsp3) is 0.429. The van der Waals surface area contributed by atoms with E-state index in [9.17, 15) is 14.0 Å². The lowest BCUT2D eigenvalue weighted by atomic mass is 10.2. The van der Waals surface area contributed by atoms with Crippen molar-refractivity contribution in [3.05, 3.63) is 29.0 Å². The minimum absolute atomic E-state index is 0.00698. The quantitative estimate of drug-likeness (QED) is 0.695. The molecule has 3 unspecified atom stereocenters. The number of carbonyl (C=O) groups excluding carboxylic acids is 2. The van der Waals surface area contributed by atoms with Crippen LogP contribution in [0.15, 0.2) is 18.2 Å². The number of hydrogen-bond donors (Lipinski definition) is 3. The summed E-state index contributed by atoms with van der Waals surface area (Å²) in [6.07, 6.45) is 0.854. The van der Waals surface area contributed by atoms with E-state index in [0.29, 0.717) is 0 Å². The normalized spacial score (nSPS) is 27.6. The summed E-state index contributed by atoms with van der Waals surface area (Å²) in [4.78, 5) is 23.1. The number of nitrogens with two attached hydrogens (primary N) is 1. The molecule has 2 aliphatic rings. The lowest BCUT2D eigenvalue weighted by Crippen LogP contribution is -2.45. The van der Waals surface area contributed by atoms with Crippen LogP contribution in [0.2, 0.25) is 5.02 Å². The molecule has 0 aromatic heterocycles. The second-order valence-electron chi connectivity index (χ2n) is 5.51. The van der Waals surface area contributed by atoms with Crippen LogP contribution in [0.25, 0.3) is 0 Å². The number of benzene rings is 1. The van der Waals surface area contributed by atoms with Crippen molar-refractivity contribution in [1.82, 2.24) is 10.6 Å². The Morgan fingerprint density at radius 2 is 2.23 bits per heavy atom. The Morgan fingerprint density at radius 3 is 2.86 bits per heavy atom. The van der Waals surface area contributed by atoms with Gasteiger partial charge in [-0.05, 0) is 18.6 Å². The molecule has 0 saturated heterocycles. The molecule has 3 rings (SSSR count). The van der Waals surface area contributed by atoms with Gasteiger partial charge in [0.25, 0.3) is 5.91 Å². The van der Waals surface area contributed by atoms with Gasteiger partial charge in [0.15, 0.2) is 6.61 Å². The maximum absolute atomic E-state index is 13.2. The maximum atomic E-state index is 13.2. The SMILES string of the molecule is NCC(=O)NC12CC1C2NC(=O)COc1ccc(Cl)c(F)c1. The highest BCUT2D eigenvalue weighted by Gasteiger charge is 2.80. The van der Waals surface area contributed by atoms with Gasteiger partial charge in [0.05, 0.1) is 23.1 Å². The van der Waals surface area contributed by atoms with Crippen molar-refractivity contribution < 1.29 is 18.7 Å². The Bertz CT molecular complexity index is 642. The predicted octanol–water partition coefficient (Wildman–Crippen LogP) is 0.190. The first-order chi connectivity index (χ1) is 10.5. The van der Waals surface area contributed by atoms with E-state index >= 15 is 0 Å². The van der Waals surface area contributed by atoms with Crippen LogP contribution in [-0.2, 0) is 9.59 Å². The highest BCUT2D eigenvalue weighted by atomic mass is 35.5. The molecule has 0 aliphatic heterocycles. The van der Waals surface area contributed by atoms with E-state index in [4.69, 9.17) is 22.1 Å². The van der Waals surface area contributed by atoms with E-state index in [2.05, 4.69) is 10.6 Å². The van der Waals surface area contributed by atoms with Crippen molar-refractivity contribution in [2.75, 3.05) is 13.2 Å². The number of nitrogens with one attached hydrogen (secondary N) is 2. The molecule has 1 aromatic carbocycles. The number of halogens is 2. The second kappa shape index (κ2) is 5.40. The summed E-state index contributed by atoms with van der Waals surface area (Å²) in [5, 5.41) is 5.59. The summed E-state index contributed by atoms with van der Waals surface area (Å²) in [7, 11) is 0. The monoisotopic (exact) mass is 327 g/mol. The zero-order chi connectivity index (χ0) is 15.9. The molecule has 1 aromatic rings. The van der Waals surface area contributed by atoms with Crippen LogP contribution >= 0.6 is 11.6 Å². The van der Waals surface area contributed by atoms with Crippen molar-refractivity contribution in [3.8, 4) is 5.75 Å². The number of carbonyl (C=O) groups is 2. The first kappa shape index (κ1) is 15.1. The third-order valence-corrected chi connectivity index (χ3v) is 4.35. The van der Waals surface area contributed by atoms with Gasteiger partial charge in [-0.1, -0.05) is 11.6 Å². The standard InChI is InChI=1S/C14H15ClFN3O3/c15-9-2-1-7(3-10(9)16)22-6-12(21)18-13-8-4-14(8,13)19-11(20)5-17/h1-3,8,13H,4-6,17H2,(H,18,21)(H,19,20). The molecule has 3 atom stereocenters. The Kier molecular flexibility index (Phi) is 3.70. The van der Waals surface area contributed by atoms with Crippen LogP contribution in [0, 0.1) is 11.7 Å². The Balaban J connectivity index is 1.45. The van der Waals surface area contributed by atoms with Gasteiger partial charge in [-0.25, -0.2) is 4.39 Å². The zero-order valence-corrected chi connectivity index (χ0v) is 12.3. The smallest absolute Gasteiger partial charge is 0.258 e. The molecule has 2 aliphatic carbocycles. The topological polar surface area (TPSA) is 93.5 Å². The summed E-state index contributed by atoms with van der Waals surface area (Å²) in [5.74, 6) is -0.656. The van der Waals surface area contributed by atoms with Gasteiger partial charge in [-0.15, -0.1) is 0 Å². The number of fused-ring (bicyclic) bond motifs is 1. The Hall–Kier alpha value is -1.86. The fourth-order valence-corrected chi connectivity index (χ4v) is 2.72. The Labute approximate surface area is 131 Å². The van der Waals surface area contributed by atoms with Crippen LogP contribution < -0.4 is 21.1 Å². The van der Waals surface area contributed by atoms with Crippen molar-refractivity contribution in [3.63, 3.8) is 0 Å². The largest absolute Gasteiger partial charge is 0.484 e. The summed E-state index contributed by atoms with van der Waals surface area (Å²) < 4.78 is 18.4. The molecule has 8 heteroatoms. The van der Waals surface area contributed by atoms with Gasteiger partial charge in [0, 0.05) is 12.0 Å². The second-order valence-corrected chi connectivity index (χ2v) is 5.92. The average molecular weight is 328 g/mol. The van der Waals surface area contributed by atoms with Gasteiger partial charge in [-0.3, -0.25) is 9.59 Å². The van der Waals surface area contributed by atoms with E-state index in [1.165, 1.54) is 12.1 Å². The average Bonchev–Trinajstić information content (AvgIpc) is 3.35. The molecule has 0 radical (unpaired) electrons. The van der Waals surface area contributed by atoms with E-state index in [1.54, 1.807) is 0 Å². The van der Waals surface area contributed by atoms with Gasteiger partial charge in [0.1, 0.15) is 11.6 Å². The van der Waals surface area contributed by atoms with Crippen LogP contribution in [0.1, 0.15) is 6.42 Å². The molecule has 2 fully saturated rings. The first-order valence-electron chi connectivity index (χ1n) is 6.84. The van der Waals surface area contributed by atoms with Crippen molar-refractivity contribution >= 4 is 23.4 Å². The zero-order valence-electron chi connectivity index (χ0n) is 11.6. The molecule has 22 heavy (non-hydrogen) atoms. The molecular formula is C14H15ClFN3O3. The maximum Gasteiger partial charge on any atom is 0.258 e. The summed E-state index contributed by atoms with van der Waals surface area (Å²) in [6, 6.07) is 3.89. The summed E-state index contributed by atoms with van der Waals surface area (Å²) >= 11 is 5.56. The molecular weight excluding hydrogens is 313 g/mol. The van der Waals surface area contributed by atoms with Crippen molar-refractivity contribution in [1.29, 1.82) is 0 Å². The van der Waals surface area contributed by atoms with E-state index in [0.717, 1.165) is 12.5 Å². The van der Waals surface area contributed by atoms with Gasteiger partial charge in [0.2, 0.25) is 5.91 Å². The van der Waals surface area contributed by atoms with Gasteiger partial charge >= 0.3 is 0 Å². The van der Waals surface area contributed by atoms with Gasteiger partial charge < -0.3 is 21.1 Å². The number of amides is 2. The summed E-state index contributed by atoms with van der Waals surface area (Å²) in [6.45, 7) is -0.300. The molecule has 2 amide bonds. The fourth-order valence-electron chi connectivity index (χ4n) is 2.60. The molecule has 0 bridgehead atoms. The minimum atomic E-state index is -0.605. The van der Waals surface area contributed by atoms with Crippen LogP contribution in [0.3, 0.4) is 0 Å². The number of hydrogen-bond acceptors (Lipinski definition) is 4. The van der Waals surface area contributed by atoms with Crippen LogP contribution in [-0.4, -0.2) is 36.5 Å². The first-order valence-corrected chi connectivity index (χ1v) is 7.22. The lowest BCUT2D eigenvalue weighted by molar-refractivity contribution is -0.124. The molecule has 2 saturated carbocycles. The molecule has 0 heterocycles. The van der Waals surface area contributed by atoms with Crippen molar-refractivity contribution in [2.24, 2.45) is 11.7 Å². The predicted molar refractivity (Wildman–Crippen MR) is 76.9 cm³/mol. The summed E-state index contributed by atoms with van der Waals surface area (Å²) in [5.41, 5.74) is 4.94. The number of rotatable bonds is 6. The van der Waals surface area contributed by atoms with E-state index < -0.39 is 5.82 Å². The van der Waals surface area contributed by atoms with E-state index in [1.807, 2.05) is 0 Å². The third kappa shape index (κ3) is 2.74. The van der Waals surface area contributed by atoms with Gasteiger partial charge in [-0.2, -0.15) is 0 Å². The molecule has 6 nitrogen and oxygen atoms in total. The van der Waals surface area contributed by atoms with Crippen LogP contribution in [0.5, 0.6) is 5.75 Å². The van der Waals surface area contributed by atoms with Crippen molar-refractivity contribution in [2.45, 2.75) is 18.0 Å². The minimum Gasteiger partial charge on any atom is -0.484 e. The van der Waals surface area contributed by atoms with E-state index in [-0.39, 0.29) is 53.2 Å². The Morgan fingerprint density at radius 1 is 1.45 bits per heavy atom. The molecule has 118 valence electrons. The lowest BCUT2D eigenvalue weighted by Gasteiger charge is -2.15. The number of ether oxygens (including phenoxy) is 1. The van der Waals surface area contributed by atoms with Crippen LogP contribution in [0.4, 0.5) is 4.39 Å².